The van der Waals surface area contributed by atoms with Crippen LogP contribution in [0.15, 0.2) is 48.5 Å². The average molecular weight is 362 g/mol. The summed E-state index contributed by atoms with van der Waals surface area (Å²) in [5.74, 6) is -0.245. The molecule has 0 aromatic heterocycles. The molecular weight excluding hydrogens is 340 g/mol. The van der Waals surface area contributed by atoms with Crippen LogP contribution in [-0.4, -0.2) is 34.2 Å². The average Bonchev–Trinajstić information content (AvgIpc) is 2.61. The van der Waals surface area contributed by atoms with Crippen LogP contribution in [0.25, 0.3) is 0 Å². The normalized spacial score (nSPS) is 11.2. The van der Waals surface area contributed by atoms with Gasteiger partial charge in [-0.15, -0.1) is 0 Å². The van der Waals surface area contributed by atoms with Gasteiger partial charge in [0.2, 0.25) is 10.0 Å². The lowest BCUT2D eigenvalue weighted by molar-refractivity contribution is 0.102. The number of anilines is 2. The van der Waals surface area contributed by atoms with E-state index in [0.29, 0.717) is 23.5 Å². The zero-order valence-electron chi connectivity index (χ0n) is 14.5. The molecule has 0 aliphatic rings. The monoisotopic (exact) mass is 362 g/mol. The van der Waals surface area contributed by atoms with Crippen molar-refractivity contribution in [2.75, 3.05) is 29.5 Å². The number of hydrogen-bond acceptors (Lipinski definition) is 4. The van der Waals surface area contributed by atoms with Gasteiger partial charge in [-0.05, 0) is 48.9 Å². The van der Waals surface area contributed by atoms with Gasteiger partial charge in [0, 0.05) is 25.4 Å². The van der Waals surface area contributed by atoms with Crippen LogP contribution in [-0.2, 0) is 21.4 Å². The molecule has 0 heterocycles. The predicted molar refractivity (Wildman–Crippen MR) is 99.4 cm³/mol. The molecule has 0 aliphatic heterocycles. The van der Waals surface area contributed by atoms with E-state index in [4.69, 9.17) is 4.74 Å². The van der Waals surface area contributed by atoms with Gasteiger partial charge in [0.25, 0.3) is 5.91 Å². The van der Waals surface area contributed by atoms with Crippen molar-refractivity contribution in [1.29, 1.82) is 0 Å². The third-order valence-electron chi connectivity index (χ3n) is 3.77. The second-order valence-electron chi connectivity index (χ2n) is 5.50. The molecule has 134 valence electrons. The lowest BCUT2D eigenvalue weighted by Gasteiger charge is -2.18. The minimum Gasteiger partial charge on any atom is -0.380 e. The molecule has 6 nitrogen and oxygen atoms in total. The van der Waals surface area contributed by atoms with Crippen LogP contribution in [0.1, 0.15) is 22.8 Å². The summed E-state index contributed by atoms with van der Waals surface area (Å²) in [5.41, 5.74) is 2.60. The van der Waals surface area contributed by atoms with Crippen molar-refractivity contribution in [1.82, 2.24) is 0 Å². The molecule has 2 rings (SSSR count). The number of benzene rings is 2. The summed E-state index contributed by atoms with van der Waals surface area (Å²) in [6.07, 6.45) is 0. The largest absolute Gasteiger partial charge is 0.380 e. The lowest BCUT2D eigenvalue weighted by atomic mass is 10.1. The van der Waals surface area contributed by atoms with Gasteiger partial charge in [0.1, 0.15) is 0 Å². The number of methoxy groups -OCH3 is 1. The van der Waals surface area contributed by atoms with Gasteiger partial charge in [-0.25, -0.2) is 8.42 Å². The predicted octanol–water partition coefficient (Wildman–Crippen LogP) is 2.87. The van der Waals surface area contributed by atoms with E-state index in [2.05, 4.69) is 5.32 Å². The highest BCUT2D eigenvalue weighted by Crippen LogP contribution is 2.18. The zero-order chi connectivity index (χ0) is 18.4. The first-order valence-electron chi connectivity index (χ1n) is 7.83. The first kappa shape index (κ1) is 19.0. The third kappa shape index (κ3) is 4.80. The quantitative estimate of drug-likeness (QED) is 0.822. The number of carbonyl (C=O) groups is 1. The summed E-state index contributed by atoms with van der Waals surface area (Å²) >= 11 is 0. The molecule has 0 saturated heterocycles. The summed E-state index contributed by atoms with van der Waals surface area (Å²) in [5, 5.41) is 2.82. The standard InChI is InChI=1S/C18H22N2O4S/c1-4-25(22,23)20(2)17-10-8-15(9-11-17)18(21)19-16-7-5-6-14(12-16)13-24-3/h5-12H,4,13H2,1-3H3,(H,19,21). The maximum Gasteiger partial charge on any atom is 0.255 e. The van der Waals surface area contributed by atoms with Crippen molar-refractivity contribution in [3.05, 3.63) is 59.7 Å². The zero-order valence-corrected chi connectivity index (χ0v) is 15.3. The number of nitrogens with one attached hydrogen (secondary N) is 1. The smallest absolute Gasteiger partial charge is 0.255 e. The second kappa shape index (κ2) is 8.13. The SMILES string of the molecule is CCS(=O)(=O)N(C)c1ccc(C(=O)Nc2cccc(COC)c2)cc1. The van der Waals surface area contributed by atoms with Gasteiger partial charge < -0.3 is 10.1 Å². The number of hydrogen-bond donors (Lipinski definition) is 1. The van der Waals surface area contributed by atoms with Crippen LogP contribution in [0.2, 0.25) is 0 Å². The number of ether oxygens (including phenoxy) is 1. The molecular formula is C18H22N2O4S. The molecule has 2 aromatic carbocycles. The van der Waals surface area contributed by atoms with E-state index >= 15 is 0 Å². The molecule has 2 aromatic rings. The highest BCUT2D eigenvalue weighted by atomic mass is 32.2. The van der Waals surface area contributed by atoms with Crippen LogP contribution in [0, 0.1) is 0 Å². The topological polar surface area (TPSA) is 75.7 Å². The Labute approximate surface area is 148 Å². The van der Waals surface area contributed by atoms with Crippen molar-refractivity contribution < 1.29 is 17.9 Å². The van der Waals surface area contributed by atoms with E-state index in [0.717, 1.165) is 5.56 Å². The van der Waals surface area contributed by atoms with E-state index in [9.17, 15) is 13.2 Å². The molecule has 7 heteroatoms. The molecule has 25 heavy (non-hydrogen) atoms. The molecule has 0 bridgehead atoms. The van der Waals surface area contributed by atoms with E-state index in [1.165, 1.54) is 11.4 Å². The number of amides is 1. The first-order chi connectivity index (χ1) is 11.9. The molecule has 0 saturated carbocycles. The molecule has 0 atom stereocenters. The number of rotatable bonds is 7. The molecule has 0 spiro atoms. The first-order valence-corrected chi connectivity index (χ1v) is 9.44. The molecule has 0 unspecified atom stereocenters. The lowest BCUT2D eigenvalue weighted by Crippen LogP contribution is -2.28. The van der Waals surface area contributed by atoms with E-state index in [1.807, 2.05) is 18.2 Å². The Balaban J connectivity index is 2.12. The van der Waals surface area contributed by atoms with Crippen LogP contribution in [0.3, 0.4) is 0 Å². The van der Waals surface area contributed by atoms with Gasteiger partial charge in [0.05, 0.1) is 18.0 Å². The van der Waals surface area contributed by atoms with Crippen molar-refractivity contribution in [2.24, 2.45) is 0 Å². The van der Waals surface area contributed by atoms with Gasteiger partial charge in [-0.3, -0.25) is 9.10 Å². The summed E-state index contributed by atoms with van der Waals surface area (Å²) in [6.45, 7) is 2.06. The Morgan fingerprint density at radius 3 is 2.44 bits per heavy atom. The Bertz CT molecular complexity index is 832. The summed E-state index contributed by atoms with van der Waals surface area (Å²) in [6, 6.07) is 13.8. The third-order valence-corrected chi connectivity index (χ3v) is 5.55. The summed E-state index contributed by atoms with van der Waals surface area (Å²) in [7, 11) is -0.213. The summed E-state index contributed by atoms with van der Waals surface area (Å²) in [4.78, 5) is 12.3. The van der Waals surface area contributed by atoms with Gasteiger partial charge in [0.15, 0.2) is 0 Å². The Hall–Kier alpha value is -2.38. The fraction of sp³-hybridized carbons (Fsp3) is 0.278. The minimum absolute atomic E-state index is 0.0174. The van der Waals surface area contributed by atoms with Crippen molar-refractivity contribution in [2.45, 2.75) is 13.5 Å². The molecule has 0 radical (unpaired) electrons. The van der Waals surface area contributed by atoms with Crippen LogP contribution in [0.4, 0.5) is 11.4 Å². The van der Waals surface area contributed by atoms with Crippen LogP contribution >= 0.6 is 0 Å². The Morgan fingerprint density at radius 1 is 1.16 bits per heavy atom. The Morgan fingerprint density at radius 2 is 1.84 bits per heavy atom. The molecule has 0 aliphatic carbocycles. The number of sulfonamides is 1. The van der Waals surface area contributed by atoms with Crippen LogP contribution in [0.5, 0.6) is 0 Å². The highest BCUT2D eigenvalue weighted by Gasteiger charge is 2.16. The molecule has 1 N–H and O–H groups in total. The van der Waals surface area contributed by atoms with Crippen molar-refractivity contribution in [3.63, 3.8) is 0 Å². The summed E-state index contributed by atoms with van der Waals surface area (Å²) < 4.78 is 30.1. The van der Waals surface area contributed by atoms with Crippen molar-refractivity contribution in [3.8, 4) is 0 Å². The maximum absolute atomic E-state index is 12.3. The molecule has 0 fully saturated rings. The highest BCUT2D eigenvalue weighted by molar-refractivity contribution is 7.92. The van der Waals surface area contributed by atoms with Crippen LogP contribution < -0.4 is 9.62 Å². The van der Waals surface area contributed by atoms with E-state index in [1.54, 1.807) is 44.4 Å². The Kier molecular flexibility index (Phi) is 6.17. The fourth-order valence-corrected chi connectivity index (χ4v) is 3.12. The van der Waals surface area contributed by atoms with Gasteiger partial charge >= 0.3 is 0 Å². The number of carbonyl (C=O) groups excluding carboxylic acids is 1. The maximum atomic E-state index is 12.3. The second-order valence-corrected chi connectivity index (χ2v) is 7.79. The number of nitrogens with zero attached hydrogens (tertiary/aromatic N) is 1. The van der Waals surface area contributed by atoms with Gasteiger partial charge in [-0.2, -0.15) is 0 Å². The molecule has 1 amide bonds. The van der Waals surface area contributed by atoms with Crippen molar-refractivity contribution >= 4 is 27.3 Å². The fourth-order valence-electron chi connectivity index (χ4n) is 2.29. The minimum atomic E-state index is -3.32. The van der Waals surface area contributed by atoms with E-state index in [-0.39, 0.29) is 11.7 Å². The van der Waals surface area contributed by atoms with Gasteiger partial charge in [-0.1, -0.05) is 12.1 Å². The van der Waals surface area contributed by atoms with E-state index < -0.39 is 10.0 Å².